The van der Waals surface area contributed by atoms with Crippen LogP contribution >= 0.6 is 15.9 Å². The average molecular weight is 314 g/mol. The molecule has 98 valence electrons. The molecule has 1 unspecified atom stereocenters. The van der Waals surface area contributed by atoms with Crippen LogP contribution in [-0.2, 0) is 14.3 Å². The molecule has 1 aromatic rings. The summed E-state index contributed by atoms with van der Waals surface area (Å²) in [6.07, 6.45) is 0. The Hall–Kier alpha value is -1.36. The van der Waals surface area contributed by atoms with Gasteiger partial charge in [-0.05, 0) is 32.9 Å². The van der Waals surface area contributed by atoms with Gasteiger partial charge in [-0.3, -0.25) is 9.59 Å². The van der Waals surface area contributed by atoms with Gasteiger partial charge in [-0.15, -0.1) is 0 Å². The van der Waals surface area contributed by atoms with Crippen molar-refractivity contribution in [3.05, 3.63) is 30.3 Å². The molecule has 1 amide bonds. The first-order valence-corrected chi connectivity index (χ1v) is 6.44. The third-order valence-electron chi connectivity index (χ3n) is 1.89. The summed E-state index contributed by atoms with van der Waals surface area (Å²) in [5.41, 5.74) is 0.0198. The third kappa shape index (κ3) is 4.87. The van der Waals surface area contributed by atoms with Crippen LogP contribution in [0.1, 0.15) is 20.8 Å². The summed E-state index contributed by atoms with van der Waals surface area (Å²) in [4.78, 5) is 22.4. The Morgan fingerprint density at radius 2 is 1.78 bits per heavy atom. The molecule has 0 fully saturated rings. The van der Waals surface area contributed by atoms with Gasteiger partial charge in [0.2, 0.25) is 5.91 Å². The van der Waals surface area contributed by atoms with Gasteiger partial charge >= 0.3 is 5.97 Å². The molecular weight excluding hydrogens is 298 g/mol. The first-order valence-electron chi connectivity index (χ1n) is 5.52. The van der Waals surface area contributed by atoms with E-state index in [1.165, 1.54) is 0 Å². The Morgan fingerprint density at radius 1 is 1.22 bits per heavy atom. The largest absolute Gasteiger partial charge is 0.459 e. The Labute approximate surface area is 115 Å². The van der Waals surface area contributed by atoms with Crippen LogP contribution in [0.3, 0.4) is 0 Å². The summed E-state index contributed by atoms with van der Waals surface area (Å²) >= 11 is 3.03. The van der Waals surface area contributed by atoms with Gasteiger partial charge in [0.1, 0.15) is 5.60 Å². The highest BCUT2D eigenvalue weighted by atomic mass is 79.9. The van der Waals surface area contributed by atoms with E-state index < -0.39 is 22.3 Å². The van der Waals surface area contributed by atoms with Crippen LogP contribution < -0.4 is 5.32 Å². The van der Waals surface area contributed by atoms with Crippen LogP contribution in [0.4, 0.5) is 5.69 Å². The van der Waals surface area contributed by atoms with Gasteiger partial charge < -0.3 is 10.1 Å². The lowest BCUT2D eigenvalue weighted by atomic mass is 10.2. The number of rotatable bonds is 3. The molecule has 0 aliphatic carbocycles. The summed E-state index contributed by atoms with van der Waals surface area (Å²) in [5.74, 6) is -1.05. The van der Waals surface area contributed by atoms with E-state index in [1.54, 1.807) is 45.0 Å². The van der Waals surface area contributed by atoms with Crippen molar-refractivity contribution in [3.63, 3.8) is 0 Å². The standard InChI is InChI=1S/C13H16BrNO3/c1-13(2,3)18-12(17)10(14)11(16)15-9-7-5-4-6-8-9/h4-8,10H,1-3H3,(H,15,16). The molecule has 0 heterocycles. The van der Waals surface area contributed by atoms with Gasteiger partial charge in [-0.25, -0.2) is 0 Å². The summed E-state index contributed by atoms with van der Waals surface area (Å²) in [6.45, 7) is 5.25. The number of para-hydroxylation sites is 1. The molecular formula is C13H16BrNO3. The van der Waals surface area contributed by atoms with E-state index in [9.17, 15) is 9.59 Å². The second-order valence-electron chi connectivity index (χ2n) is 4.75. The molecule has 0 saturated heterocycles. The normalized spacial score (nSPS) is 12.7. The van der Waals surface area contributed by atoms with Crippen molar-refractivity contribution in [1.82, 2.24) is 0 Å². The molecule has 1 atom stereocenters. The molecule has 1 rings (SSSR count). The highest BCUT2D eigenvalue weighted by Crippen LogP contribution is 2.14. The Kier molecular flexibility index (Phi) is 4.90. The maximum atomic E-state index is 11.8. The second-order valence-corrected chi connectivity index (χ2v) is 5.67. The number of nitrogens with one attached hydrogen (secondary N) is 1. The van der Waals surface area contributed by atoms with Gasteiger partial charge in [0, 0.05) is 5.69 Å². The van der Waals surface area contributed by atoms with Crippen LogP contribution in [0.5, 0.6) is 0 Å². The van der Waals surface area contributed by atoms with Gasteiger partial charge in [0.25, 0.3) is 0 Å². The van der Waals surface area contributed by atoms with Crippen LogP contribution in [0.15, 0.2) is 30.3 Å². The monoisotopic (exact) mass is 313 g/mol. The molecule has 0 saturated carbocycles. The summed E-state index contributed by atoms with van der Waals surface area (Å²) in [5, 5.41) is 2.62. The quantitative estimate of drug-likeness (QED) is 0.530. The number of amides is 1. The SMILES string of the molecule is CC(C)(C)OC(=O)C(Br)C(=O)Nc1ccccc1. The number of halogens is 1. The molecule has 1 N–H and O–H groups in total. The van der Waals surface area contributed by atoms with Crippen molar-refractivity contribution in [3.8, 4) is 0 Å². The van der Waals surface area contributed by atoms with E-state index in [1.807, 2.05) is 6.07 Å². The van der Waals surface area contributed by atoms with Crippen molar-refractivity contribution in [2.75, 3.05) is 5.32 Å². The molecule has 0 spiro atoms. The van der Waals surface area contributed by atoms with Crippen molar-refractivity contribution in [2.45, 2.75) is 31.2 Å². The van der Waals surface area contributed by atoms with Gasteiger partial charge in [0.05, 0.1) is 0 Å². The topological polar surface area (TPSA) is 55.4 Å². The number of ether oxygens (including phenoxy) is 1. The number of carbonyl (C=O) groups excluding carboxylic acids is 2. The fourth-order valence-corrected chi connectivity index (χ4v) is 1.40. The highest BCUT2D eigenvalue weighted by molar-refractivity contribution is 9.10. The van der Waals surface area contributed by atoms with Crippen LogP contribution in [0.2, 0.25) is 0 Å². The number of esters is 1. The highest BCUT2D eigenvalue weighted by Gasteiger charge is 2.28. The number of hydrogen-bond donors (Lipinski definition) is 1. The predicted molar refractivity (Wildman–Crippen MR) is 73.6 cm³/mol. The molecule has 0 radical (unpaired) electrons. The van der Waals surface area contributed by atoms with E-state index in [4.69, 9.17) is 4.74 Å². The number of hydrogen-bond acceptors (Lipinski definition) is 3. The lowest BCUT2D eigenvalue weighted by molar-refractivity contribution is -0.154. The van der Waals surface area contributed by atoms with E-state index in [0.717, 1.165) is 0 Å². The Morgan fingerprint density at radius 3 is 2.28 bits per heavy atom. The maximum absolute atomic E-state index is 11.8. The molecule has 18 heavy (non-hydrogen) atoms. The third-order valence-corrected chi connectivity index (χ3v) is 2.67. The van der Waals surface area contributed by atoms with E-state index in [-0.39, 0.29) is 0 Å². The van der Waals surface area contributed by atoms with Crippen LogP contribution in [0, 0.1) is 0 Å². The average Bonchev–Trinajstić information content (AvgIpc) is 2.27. The predicted octanol–water partition coefficient (Wildman–Crippen LogP) is 2.73. The van der Waals surface area contributed by atoms with E-state index in [0.29, 0.717) is 5.69 Å². The summed E-state index contributed by atoms with van der Waals surface area (Å²) in [6, 6.07) is 8.92. The Bertz CT molecular complexity index is 426. The smallest absolute Gasteiger partial charge is 0.329 e. The lowest BCUT2D eigenvalue weighted by Gasteiger charge is -2.21. The minimum absolute atomic E-state index is 0.449. The molecule has 0 aliphatic rings. The van der Waals surface area contributed by atoms with Crippen LogP contribution in [0.25, 0.3) is 0 Å². The fourth-order valence-electron chi connectivity index (χ4n) is 1.19. The number of alkyl halides is 1. The second kappa shape index (κ2) is 6.00. The lowest BCUT2D eigenvalue weighted by Crippen LogP contribution is -2.36. The first-order chi connectivity index (χ1) is 8.29. The minimum Gasteiger partial charge on any atom is -0.459 e. The van der Waals surface area contributed by atoms with E-state index in [2.05, 4.69) is 21.2 Å². The van der Waals surface area contributed by atoms with Gasteiger partial charge in [-0.2, -0.15) is 0 Å². The molecule has 1 aromatic carbocycles. The van der Waals surface area contributed by atoms with E-state index >= 15 is 0 Å². The van der Waals surface area contributed by atoms with Crippen molar-refractivity contribution >= 4 is 33.5 Å². The zero-order chi connectivity index (χ0) is 13.8. The van der Waals surface area contributed by atoms with Crippen molar-refractivity contribution < 1.29 is 14.3 Å². The molecule has 4 nitrogen and oxygen atoms in total. The summed E-state index contributed by atoms with van der Waals surface area (Å²) in [7, 11) is 0. The fraction of sp³-hybridized carbons (Fsp3) is 0.385. The molecule has 0 aromatic heterocycles. The Balaban J connectivity index is 2.59. The van der Waals surface area contributed by atoms with Gasteiger partial charge in [-0.1, -0.05) is 34.1 Å². The van der Waals surface area contributed by atoms with Crippen molar-refractivity contribution in [2.24, 2.45) is 0 Å². The number of anilines is 1. The number of carbonyl (C=O) groups is 2. The molecule has 0 aliphatic heterocycles. The summed E-state index contributed by atoms with van der Waals surface area (Å²) < 4.78 is 5.11. The van der Waals surface area contributed by atoms with Crippen molar-refractivity contribution in [1.29, 1.82) is 0 Å². The molecule has 0 bridgehead atoms. The number of benzene rings is 1. The van der Waals surface area contributed by atoms with Gasteiger partial charge in [0.15, 0.2) is 4.83 Å². The zero-order valence-electron chi connectivity index (χ0n) is 10.6. The first kappa shape index (κ1) is 14.7. The van der Waals surface area contributed by atoms with Crippen LogP contribution in [-0.4, -0.2) is 22.3 Å². The molecule has 5 heteroatoms. The zero-order valence-corrected chi connectivity index (χ0v) is 12.2. The minimum atomic E-state index is -1.02. The maximum Gasteiger partial charge on any atom is 0.329 e.